The van der Waals surface area contributed by atoms with Crippen LogP contribution in [0, 0.1) is 0 Å². The Labute approximate surface area is 428 Å². The molecule has 0 aromatic heterocycles. The predicted molar refractivity (Wildman–Crippen MR) is 298 cm³/mol. The van der Waals surface area contributed by atoms with Gasteiger partial charge in [-0.25, -0.2) is 0 Å². The Morgan fingerprint density at radius 2 is 0.594 bits per heavy atom. The number of rotatable bonds is 54. The Kier molecular flexibility index (Phi) is 55.3. The lowest BCUT2D eigenvalue weighted by Crippen LogP contribution is -2.30. The first kappa shape index (κ1) is 66.1. The lowest BCUT2D eigenvalue weighted by atomic mass is 10.0. The molecule has 69 heavy (non-hydrogen) atoms. The van der Waals surface area contributed by atoms with Crippen molar-refractivity contribution in [3.05, 3.63) is 60.8 Å². The summed E-state index contributed by atoms with van der Waals surface area (Å²) in [6.45, 7) is 6.47. The standard InChI is InChI=1S/C63H112O6/c1-4-7-10-13-16-19-22-25-27-28-29-30-31-32-33-34-36-38-41-44-47-50-53-56-62(65)68-59-60(58-67-61(64)55-52-49-46-43-40-37-24-21-18-15-12-9-6-3)69-63(66)57-54-51-48-45-42-39-35-26-23-20-17-14-11-8-5-2/h8,11-12,15,17,20-21,24,26,35,60H,4-7,9-10,13-14,16,18-19,22-23,25,27-34,36-59H2,1-3H3/b11-8-,15-12-,20-17-,24-21-,35-26-. The fourth-order valence-electron chi connectivity index (χ4n) is 8.56. The van der Waals surface area contributed by atoms with E-state index >= 15 is 0 Å². The Morgan fingerprint density at radius 1 is 0.304 bits per heavy atom. The van der Waals surface area contributed by atoms with E-state index in [1.165, 1.54) is 141 Å². The Bertz CT molecular complexity index is 1250. The predicted octanol–water partition coefficient (Wildman–Crippen LogP) is 20.0. The zero-order chi connectivity index (χ0) is 50.0. The molecule has 6 nitrogen and oxygen atoms in total. The van der Waals surface area contributed by atoms with E-state index in [0.29, 0.717) is 19.3 Å². The number of unbranched alkanes of at least 4 members (excludes halogenated alkanes) is 33. The zero-order valence-electron chi connectivity index (χ0n) is 45.8. The monoisotopic (exact) mass is 965 g/mol. The highest BCUT2D eigenvalue weighted by atomic mass is 16.6. The van der Waals surface area contributed by atoms with Gasteiger partial charge in [0.15, 0.2) is 6.10 Å². The van der Waals surface area contributed by atoms with E-state index in [-0.39, 0.29) is 31.1 Å². The van der Waals surface area contributed by atoms with Crippen LogP contribution >= 0.6 is 0 Å². The summed E-state index contributed by atoms with van der Waals surface area (Å²) in [5, 5.41) is 0. The van der Waals surface area contributed by atoms with Crippen LogP contribution in [0.25, 0.3) is 0 Å². The Balaban J connectivity index is 4.28. The van der Waals surface area contributed by atoms with Crippen LogP contribution in [0.4, 0.5) is 0 Å². The molecular weight excluding hydrogens is 853 g/mol. The minimum Gasteiger partial charge on any atom is -0.462 e. The van der Waals surface area contributed by atoms with Gasteiger partial charge in [0.25, 0.3) is 0 Å². The van der Waals surface area contributed by atoms with E-state index in [1.807, 2.05) is 0 Å². The molecule has 0 amide bonds. The molecule has 1 atom stereocenters. The maximum Gasteiger partial charge on any atom is 0.306 e. The molecule has 1 unspecified atom stereocenters. The van der Waals surface area contributed by atoms with Crippen LogP contribution in [0.5, 0.6) is 0 Å². The van der Waals surface area contributed by atoms with Crippen molar-refractivity contribution in [1.29, 1.82) is 0 Å². The van der Waals surface area contributed by atoms with Gasteiger partial charge in [-0.15, -0.1) is 0 Å². The van der Waals surface area contributed by atoms with E-state index in [1.54, 1.807) is 0 Å². The molecule has 0 spiro atoms. The fraction of sp³-hybridized carbons (Fsp3) is 0.794. The molecule has 400 valence electrons. The molecule has 0 bridgehead atoms. The number of ether oxygens (including phenoxy) is 3. The van der Waals surface area contributed by atoms with Gasteiger partial charge in [0.2, 0.25) is 0 Å². The Hall–Kier alpha value is -2.89. The van der Waals surface area contributed by atoms with E-state index < -0.39 is 6.10 Å². The van der Waals surface area contributed by atoms with Crippen molar-refractivity contribution in [2.75, 3.05) is 13.2 Å². The zero-order valence-corrected chi connectivity index (χ0v) is 45.8. The Morgan fingerprint density at radius 3 is 0.942 bits per heavy atom. The first-order valence-corrected chi connectivity index (χ1v) is 29.8. The van der Waals surface area contributed by atoms with Crippen molar-refractivity contribution in [3.8, 4) is 0 Å². The van der Waals surface area contributed by atoms with Crippen molar-refractivity contribution >= 4 is 17.9 Å². The first-order chi connectivity index (χ1) is 34.0. The number of allylic oxidation sites excluding steroid dienone is 10. The first-order valence-electron chi connectivity index (χ1n) is 29.8. The number of hydrogen-bond donors (Lipinski definition) is 0. The summed E-state index contributed by atoms with van der Waals surface area (Å²) in [4.78, 5) is 38.1. The topological polar surface area (TPSA) is 78.9 Å². The molecule has 0 saturated heterocycles. The summed E-state index contributed by atoms with van der Waals surface area (Å²) in [6, 6.07) is 0. The molecule has 0 rings (SSSR count). The molecule has 6 heteroatoms. The van der Waals surface area contributed by atoms with E-state index in [9.17, 15) is 14.4 Å². The third kappa shape index (κ3) is 55.9. The number of carbonyl (C=O) groups is 3. The minimum atomic E-state index is -0.788. The molecule has 0 radical (unpaired) electrons. The molecule has 0 aliphatic carbocycles. The normalized spacial score (nSPS) is 12.4. The second kappa shape index (κ2) is 57.7. The van der Waals surface area contributed by atoms with Crippen LogP contribution in [-0.4, -0.2) is 37.2 Å². The number of carbonyl (C=O) groups excluding carboxylic acids is 3. The van der Waals surface area contributed by atoms with Crippen molar-refractivity contribution in [2.24, 2.45) is 0 Å². The van der Waals surface area contributed by atoms with Gasteiger partial charge in [0.05, 0.1) is 0 Å². The average molecular weight is 966 g/mol. The third-order valence-corrected chi connectivity index (χ3v) is 13.0. The number of esters is 3. The molecule has 0 saturated carbocycles. The van der Waals surface area contributed by atoms with Gasteiger partial charge in [0.1, 0.15) is 13.2 Å². The smallest absolute Gasteiger partial charge is 0.306 e. The SMILES string of the molecule is CC/C=C\C/C=C\C/C=C\CCCCCCCC(=O)OC(COC(=O)CCCCCCC/C=C\C/C=C\CCC)COC(=O)CCCCCCCCCCCCCCCCCCCCCCCCC. The van der Waals surface area contributed by atoms with Crippen LogP contribution in [0.1, 0.15) is 303 Å². The molecule has 0 fully saturated rings. The minimum absolute atomic E-state index is 0.0834. The molecule has 0 aliphatic heterocycles. The average Bonchev–Trinajstić information content (AvgIpc) is 3.35. The van der Waals surface area contributed by atoms with Gasteiger partial charge in [-0.05, 0) is 77.0 Å². The van der Waals surface area contributed by atoms with Crippen molar-refractivity contribution in [3.63, 3.8) is 0 Å². The summed E-state index contributed by atoms with van der Waals surface area (Å²) in [5.41, 5.74) is 0. The van der Waals surface area contributed by atoms with Crippen LogP contribution in [-0.2, 0) is 28.6 Å². The maximum atomic E-state index is 12.8. The van der Waals surface area contributed by atoms with Crippen LogP contribution in [0.3, 0.4) is 0 Å². The highest BCUT2D eigenvalue weighted by molar-refractivity contribution is 5.71. The summed E-state index contributed by atoms with van der Waals surface area (Å²) in [6.07, 6.45) is 72.3. The van der Waals surface area contributed by atoms with Crippen molar-refractivity contribution in [2.45, 2.75) is 309 Å². The van der Waals surface area contributed by atoms with Crippen molar-refractivity contribution < 1.29 is 28.6 Å². The van der Waals surface area contributed by atoms with Crippen molar-refractivity contribution in [1.82, 2.24) is 0 Å². The highest BCUT2D eigenvalue weighted by Crippen LogP contribution is 2.17. The summed E-state index contributed by atoms with van der Waals surface area (Å²) in [7, 11) is 0. The molecule has 0 aromatic rings. The van der Waals surface area contributed by atoms with Gasteiger partial charge in [-0.1, -0.05) is 268 Å². The third-order valence-electron chi connectivity index (χ3n) is 13.0. The van der Waals surface area contributed by atoms with Crippen LogP contribution in [0.2, 0.25) is 0 Å². The summed E-state index contributed by atoms with van der Waals surface area (Å²) in [5.74, 6) is -0.903. The van der Waals surface area contributed by atoms with Gasteiger partial charge in [0, 0.05) is 19.3 Å². The van der Waals surface area contributed by atoms with Gasteiger partial charge >= 0.3 is 17.9 Å². The van der Waals surface area contributed by atoms with Gasteiger partial charge < -0.3 is 14.2 Å². The second-order valence-electron chi connectivity index (χ2n) is 19.9. The fourth-order valence-corrected chi connectivity index (χ4v) is 8.56. The molecule has 0 aliphatic rings. The second-order valence-corrected chi connectivity index (χ2v) is 19.9. The molecule has 0 N–H and O–H groups in total. The number of hydrogen-bond acceptors (Lipinski definition) is 6. The molecule has 0 aromatic carbocycles. The van der Waals surface area contributed by atoms with Crippen LogP contribution in [0.15, 0.2) is 60.8 Å². The van der Waals surface area contributed by atoms with E-state index in [2.05, 4.69) is 81.5 Å². The van der Waals surface area contributed by atoms with E-state index in [0.717, 1.165) is 122 Å². The van der Waals surface area contributed by atoms with E-state index in [4.69, 9.17) is 14.2 Å². The summed E-state index contributed by atoms with van der Waals surface area (Å²) >= 11 is 0. The lowest BCUT2D eigenvalue weighted by molar-refractivity contribution is -0.167. The lowest BCUT2D eigenvalue weighted by Gasteiger charge is -2.18. The van der Waals surface area contributed by atoms with Gasteiger partial charge in [-0.3, -0.25) is 14.4 Å². The summed E-state index contributed by atoms with van der Waals surface area (Å²) < 4.78 is 16.9. The van der Waals surface area contributed by atoms with Crippen LogP contribution < -0.4 is 0 Å². The largest absolute Gasteiger partial charge is 0.462 e. The van der Waals surface area contributed by atoms with Gasteiger partial charge in [-0.2, -0.15) is 0 Å². The molecule has 0 heterocycles. The molecular formula is C63H112O6. The highest BCUT2D eigenvalue weighted by Gasteiger charge is 2.19. The maximum absolute atomic E-state index is 12.8. The quantitative estimate of drug-likeness (QED) is 0.0262.